The average Bonchev–Trinajstić information content (AvgIpc) is 2.62. The van der Waals surface area contributed by atoms with Crippen LogP contribution in [0, 0.1) is 5.92 Å². The highest BCUT2D eigenvalue weighted by molar-refractivity contribution is 6.33. The number of benzene rings is 2. The Balaban J connectivity index is 1.58. The van der Waals surface area contributed by atoms with Crippen molar-refractivity contribution >= 4 is 28.9 Å². The van der Waals surface area contributed by atoms with Crippen LogP contribution in [0.3, 0.4) is 0 Å². The van der Waals surface area contributed by atoms with E-state index in [0.717, 1.165) is 30.8 Å². The lowest BCUT2D eigenvalue weighted by atomic mass is 9.92. The standard InChI is InChI=1S/C20H24ClN3O/c1-14-11-16(9-10-22-14)20(25)24-17-7-8-19(18(21)12-17)23-13-15-5-3-2-4-6-15/h2-8,12,14,16,22-23H,9-11,13H2,1H3,(H,24,25)/t14-,16-/m0/s1. The van der Waals surface area contributed by atoms with Crippen LogP contribution in [-0.4, -0.2) is 18.5 Å². The van der Waals surface area contributed by atoms with Crippen LogP contribution in [0.15, 0.2) is 48.5 Å². The summed E-state index contributed by atoms with van der Waals surface area (Å²) in [4.78, 5) is 12.4. The number of hydrogen-bond acceptors (Lipinski definition) is 3. The summed E-state index contributed by atoms with van der Waals surface area (Å²) in [6.07, 6.45) is 1.75. The summed E-state index contributed by atoms with van der Waals surface area (Å²) in [5.74, 6) is 0.139. The summed E-state index contributed by atoms with van der Waals surface area (Å²) < 4.78 is 0. The van der Waals surface area contributed by atoms with Gasteiger partial charge >= 0.3 is 0 Å². The molecule has 2 atom stereocenters. The molecular weight excluding hydrogens is 334 g/mol. The maximum atomic E-state index is 12.4. The summed E-state index contributed by atoms with van der Waals surface area (Å²) in [5.41, 5.74) is 2.79. The van der Waals surface area contributed by atoms with Gasteiger partial charge in [0, 0.05) is 24.2 Å². The molecule has 0 saturated carbocycles. The third-order valence-electron chi connectivity index (χ3n) is 4.56. The summed E-state index contributed by atoms with van der Waals surface area (Å²) in [6.45, 7) is 3.71. The minimum Gasteiger partial charge on any atom is -0.380 e. The van der Waals surface area contributed by atoms with Gasteiger partial charge in [-0.2, -0.15) is 0 Å². The van der Waals surface area contributed by atoms with Crippen molar-refractivity contribution in [2.75, 3.05) is 17.2 Å². The monoisotopic (exact) mass is 357 g/mol. The molecule has 1 aliphatic heterocycles. The van der Waals surface area contributed by atoms with E-state index in [1.54, 1.807) is 6.07 Å². The maximum Gasteiger partial charge on any atom is 0.227 e. The van der Waals surface area contributed by atoms with E-state index >= 15 is 0 Å². The van der Waals surface area contributed by atoms with Gasteiger partial charge in [-0.15, -0.1) is 0 Å². The zero-order valence-electron chi connectivity index (χ0n) is 14.4. The predicted octanol–water partition coefficient (Wildman–Crippen LogP) is 4.28. The van der Waals surface area contributed by atoms with E-state index in [9.17, 15) is 4.79 Å². The van der Waals surface area contributed by atoms with Crippen LogP contribution in [-0.2, 0) is 11.3 Å². The normalized spacial score (nSPS) is 20.1. The van der Waals surface area contributed by atoms with Gasteiger partial charge in [0.15, 0.2) is 0 Å². The molecule has 1 heterocycles. The zero-order valence-corrected chi connectivity index (χ0v) is 15.1. The third kappa shape index (κ3) is 4.97. The van der Waals surface area contributed by atoms with Crippen molar-refractivity contribution in [1.82, 2.24) is 5.32 Å². The highest BCUT2D eigenvalue weighted by atomic mass is 35.5. The van der Waals surface area contributed by atoms with Crippen LogP contribution in [0.1, 0.15) is 25.3 Å². The second-order valence-corrected chi connectivity index (χ2v) is 7.01. The SMILES string of the molecule is C[C@H]1C[C@@H](C(=O)Nc2ccc(NCc3ccccc3)c(Cl)c2)CCN1. The van der Waals surface area contributed by atoms with Crippen LogP contribution >= 0.6 is 11.6 Å². The van der Waals surface area contributed by atoms with Crippen molar-refractivity contribution in [3.8, 4) is 0 Å². The lowest BCUT2D eigenvalue weighted by molar-refractivity contribution is -0.120. The number of carbonyl (C=O) groups excluding carboxylic acids is 1. The fourth-order valence-electron chi connectivity index (χ4n) is 3.14. The first-order chi connectivity index (χ1) is 12.1. The zero-order chi connectivity index (χ0) is 17.6. The van der Waals surface area contributed by atoms with Crippen LogP contribution in [0.25, 0.3) is 0 Å². The van der Waals surface area contributed by atoms with Crippen molar-refractivity contribution in [1.29, 1.82) is 0 Å². The maximum absolute atomic E-state index is 12.4. The van der Waals surface area contributed by atoms with Gasteiger partial charge in [-0.25, -0.2) is 0 Å². The molecule has 4 nitrogen and oxygen atoms in total. The Labute approximate surface area is 154 Å². The van der Waals surface area contributed by atoms with Gasteiger partial charge in [0.25, 0.3) is 0 Å². The fourth-order valence-corrected chi connectivity index (χ4v) is 3.39. The van der Waals surface area contributed by atoms with Crippen LogP contribution in [0.2, 0.25) is 5.02 Å². The number of hydrogen-bond donors (Lipinski definition) is 3. The van der Waals surface area contributed by atoms with E-state index in [-0.39, 0.29) is 11.8 Å². The van der Waals surface area contributed by atoms with E-state index in [0.29, 0.717) is 17.6 Å². The molecule has 0 unspecified atom stereocenters. The van der Waals surface area contributed by atoms with Crippen molar-refractivity contribution in [2.45, 2.75) is 32.4 Å². The second kappa shape index (κ2) is 8.37. The Bertz CT molecular complexity index is 720. The Morgan fingerprint density at radius 1 is 1.24 bits per heavy atom. The molecule has 2 aromatic rings. The molecule has 1 amide bonds. The molecule has 0 aliphatic carbocycles. The van der Waals surface area contributed by atoms with Gasteiger partial charge in [0.1, 0.15) is 0 Å². The van der Waals surface area contributed by atoms with Gasteiger partial charge in [-0.3, -0.25) is 4.79 Å². The van der Waals surface area contributed by atoms with Crippen molar-refractivity contribution < 1.29 is 4.79 Å². The number of halogens is 1. The number of piperidine rings is 1. The predicted molar refractivity (Wildman–Crippen MR) is 104 cm³/mol. The van der Waals surface area contributed by atoms with Crippen LogP contribution < -0.4 is 16.0 Å². The minimum atomic E-state index is 0.0610. The molecular formula is C20H24ClN3O. The molecule has 2 aromatic carbocycles. The number of anilines is 2. The molecule has 3 N–H and O–H groups in total. The summed E-state index contributed by atoms with van der Waals surface area (Å²) >= 11 is 6.36. The molecule has 0 spiro atoms. The van der Waals surface area contributed by atoms with Crippen molar-refractivity contribution in [3.63, 3.8) is 0 Å². The molecule has 1 saturated heterocycles. The highest BCUT2D eigenvalue weighted by Crippen LogP contribution is 2.27. The highest BCUT2D eigenvalue weighted by Gasteiger charge is 2.24. The van der Waals surface area contributed by atoms with E-state index < -0.39 is 0 Å². The second-order valence-electron chi connectivity index (χ2n) is 6.60. The lowest BCUT2D eigenvalue weighted by Gasteiger charge is -2.27. The molecule has 0 aromatic heterocycles. The number of carbonyl (C=O) groups is 1. The fraction of sp³-hybridized carbons (Fsp3) is 0.350. The van der Waals surface area contributed by atoms with Crippen LogP contribution in [0.4, 0.5) is 11.4 Å². The topological polar surface area (TPSA) is 53.2 Å². The van der Waals surface area contributed by atoms with Gasteiger partial charge in [0.05, 0.1) is 10.7 Å². The summed E-state index contributed by atoms with van der Waals surface area (Å²) in [7, 11) is 0. The van der Waals surface area contributed by atoms with Crippen molar-refractivity contribution in [3.05, 3.63) is 59.1 Å². The summed E-state index contributed by atoms with van der Waals surface area (Å²) in [6, 6.07) is 16.1. The molecule has 3 rings (SSSR count). The minimum absolute atomic E-state index is 0.0610. The number of amides is 1. The van der Waals surface area contributed by atoms with E-state index in [1.807, 2.05) is 30.3 Å². The molecule has 1 fully saturated rings. The Hall–Kier alpha value is -2.04. The van der Waals surface area contributed by atoms with Crippen molar-refractivity contribution in [2.24, 2.45) is 5.92 Å². The molecule has 0 bridgehead atoms. The number of rotatable bonds is 5. The molecule has 132 valence electrons. The first-order valence-corrected chi connectivity index (χ1v) is 9.11. The van der Waals surface area contributed by atoms with Gasteiger partial charge in [-0.05, 0) is 50.1 Å². The van der Waals surface area contributed by atoms with Crippen LogP contribution in [0.5, 0.6) is 0 Å². The van der Waals surface area contributed by atoms with Gasteiger partial charge in [0.2, 0.25) is 5.91 Å². The lowest BCUT2D eigenvalue weighted by Crippen LogP contribution is -2.40. The first kappa shape index (κ1) is 17.8. The number of nitrogens with one attached hydrogen (secondary N) is 3. The Morgan fingerprint density at radius 3 is 2.76 bits per heavy atom. The van der Waals surface area contributed by atoms with E-state index in [4.69, 9.17) is 11.6 Å². The largest absolute Gasteiger partial charge is 0.380 e. The third-order valence-corrected chi connectivity index (χ3v) is 4.87. The molecule has 5 heteroatoms. The Kier molecular flexibility index (Phi) is 5.95. The molecule has 1 aliphatic rings. The average molecular weight is 358 g/mol. The molecule has 25 heavy (non-hydrogen) atoms. The van der Waals surface area contributed by atoms with Gasteiger partial charge < -0.3 is 16.0 Å². The first-order valence-electron chi connectivity index (χ1n) is 8.73. The summed E-state index contributed by atoms with van der Waals surface area (Å²) in [5, 5.41) is 10.3. The van der Waals surface area contributed by atoms with Gasteiger partial charge in [-0.1, -0.05) is 41.9 Å². The quantitative estimate of drug-likeness (QED) is 0.748. The molecule has 0 radical (unpaired) electrons. The Morgan fingerprint density at radius 2 is 2.04 bits per heavy atom. The van der Waals surface area contributed by atoms with E-state index in [2.05, 4.69) is 35.0 Å². The van der Waals surface area contributed by atoms with E-state index in [1.165, 1.54) is 5.56 Å². The smallest absolute Gasteiger partial charge is 0.227 e.